The molecular weight excluding hydrogens is 1730 g/mol. The minimum absolute atomic E-state index is 0. The number of carbonyl (C=O) groups excluding carboxylic acids is 4. The van der Waals surface area contributed by atoms with Crippen LogP contribution < -0.4 is 80.1 Å². The molecule has 33 nitrogen and oxygen atoms in total. The first-order chi connectivity index (χ1) is 53.4. The number of H-pyrrole nitrogens is 1. The number of fused-ring (bicyclic) bond motifs is 4. The van der Waals surface area contributed by atoms with Gasteiger partial charge in [-0.1, -0.05) is 56.0 Å². The van der Waals surface area contributed by atoms with Crippen molar-refractivity contribution in [1.82, 2.24) is 49.4 Å². The van der Waals surface area contributed by atoms with Gasteiger partial charge in [0.15, 0.2) is 5.69 Å². The normalized spacial score (nSPS) is 15.0. The second-order valence-corrected chi connectivity index (χ2v) is 33.6. The molecule has 119 heavy (non-hydrogen) atoms. The fourth-order valence-corrected chi connectivity index (χ4v) is 11.2. The standard InChI is InChI=1S/C19H28BNO4.C17H17F3N4O4.C17H19F3N4O2.C13H18BNO4.C4H2F3N3O2.CH3F.CH4.IO4.Na/c1-17(2,3)23-16(22)21-11-13-8-9-15(10-14(13)12-21)20-24-18(4,5)19(6,7)25-20;1-16(2,3)28-15(25)22-7-10-4-5-12(6-11(10)8-22)23-9-13(24(26)27)14(21-23)17(18,19)20;1-16(2,3)26-15(25)23-7-10-4-5-12(6-11(10)8-23)24-9-13(21)14(22-24)17(18,19)20;1-13(2,3)19-12(16)15-7-9-4-5-11(14(17)18)6-10(9)8-15;5-4(6,7)3-2(10(11)12)1-8-9-3;1-2;;2-1(3,4)5;/h8-10H,11-12H2,1-7H3;4-6,9H,7-8H2,1-3H3;4-6,9H,7-8,21H2,1-3H3;4-6,17-18H,7-8H2,1-3H3;1H,(H,8,9);1H3;1H4;;/q;;;;;;;-1;+1. The second-order valence-electron chi connectivity index (χ2n) is 31.5. The Kier molecular flexibility index (Phi) is 33.8. The maximum atomic E-state index is 13.0. The number of amides is 4. The number of halogens is 11. The fourth-order valence-electron chi connectivity index (χ4n) is 11.2. The van der Waals surface area contributed by atoms with Gasteiger partial charge in [0.25, 0.3) is 0 Å². The summed E-state index contributed by atoms with van der Waals surface area (Å²) in [7, 11) is -1.37. The van der Waals surface area contributed by atoms with Crippen molar-refractivity contribution in [2.45, 2.75) is 223 Å². The van der Waals surface area contributed by atoms with E-state index in [1.54, 1.807) is 93.8 Å². The zero-order valence-corrected chi connectivity index (χ0v) is 71.5. The van der Waals surface area contributed by atoms with Crippen molar-refractivity contribution in [3.63, 3.8) is 0 Å². The van der Waals surface area contributed by atoms with E-state index >= 15 is 0 Å². The molecule has 4 aromatic carbocycles. The molecule has 47 heteroatoms. The van der Waals surface area contributed by atoms with Crippen LogP contribution in [-0.2, 0) is 99.1 Å². The maximum absolute atomic E-state index is 13.0. The Morgan fingerprint density at radius 2 is 0.824 bits per heavy atom. The Labute approximate surface area is 706 Å². The van der Waals surface area contributed by atoms with Crippen LogP contribution in [0.5, 0.6) is 0 Å². The number of aromatic nitrogens is 6. The molecule has 0 unspecified atom stereocenters. The summed E-state index contributed by atoms with van der Waals surface area (Å²) in [6.07, 6.45) is -13.5. The summed E-state index contributed by atoms with van der Waals surface area (Å²) in [6.45, 7) is 33.2. The number of nitro groups is 2. The zero-order chi connectivity index (χ0) is 88.8. The van der Waals surface area contributed by atoms with E-state index in [4.69, 9.17) is 57.8 Å². The van der Waals surface area contributed by atoms with Gasteiger partial charge in [0, 0.05) is 52.4 Å². The van der Waals surface area contributed by atoms with E-state index < -0.39 is 124 Å². The van der Waals surface area contributed by atoms with E-state index in [9.17, 15) is 83.3 Å². The Balaban J connectivity index is 0.000000311. The Bertz CT molecular complexity index is 4710. The quantitative estimate of drug-likeness (QED) is 0.0462. The minimum Gasteiger partial charge on any atom is -0.444 e. The molecule has 5 aliphatic rings. The molecule has 0 spiro atoms. The number of nitrogens with one attached hydrogen (secondary N) is 1. The first kappa shape index (κ1) is 102. The SMILES string of the molecule is C.CC(C)(C)OC(=O)N1Cc2ccc(-n3cc(N)c(C(F)(F)F)n3)cc2C1.CC(C)(C)OC(=O)N1Cc2ccc(-n3cc([N+](=O)[O-])c(C(F)(F)F)n3)cc2C1.CC(C)(C)OC(=O)N1Cc2ccc(B(O)O)cc2C1.CC(C)(C)OC(=O)N1Cc2ccc(B3OC(C)(C)C(C)(C)O3)cc2C1.CF.O=[N+]([O-])c1cn[nH]c1C(F)(F)F.[Na+].[O-][I+3]([O-])([O-])[O-]. The molecule has 8 heterocycles. The Morgan fingerprint density at radius 1 is 0.513 bits per heavy atom. The molecule has 0 radical (unpaired) electrons. The van der Waals surface area contributed by atoms with Crippen molar-refractivity contribution in [3.8, 4) is 11.4 Å². The van der Waals surface area contributed by atoms with Crippen LogP contribution in [0.1, 0.15) is 180 Å². The molecule has 7 aromatic rings. The van der Waals surface area contributed by atoms with Crippen LogP contribution in [0.25, 0.3) is 11.4 Å². The Morgan fingerprint density at radius 3 is 1.13 bits per heavy atom. The molecule has 0 atom stereocenters. The van der Waals surface area contributed by atoms with E-state index in [2.05, 4.69) is 27.4 Å². The molecule has 0 aliphatic carbocycles. The largest absolute Gasteiger partial charge is 1.00 e. The van der Waals surface area contributed by atoms with Gasteiger partial charge in [0.1, 0.15) is 54.9 Å². The molecule has 648 valence electrons. The second kappa shape index (κ2) is 39.3. The number of benzene rings is 4. The van der Waals surface area contributed by atoms with Gasteiger partial charge in [-0.05, 0) is 190 Å². The number of nitrogens with two attached hydrogens (primary N) is 1. The molecule has 5 aliphatic heterocycles. The summed E-state index contributed by atoms with van der Waals surface area (Å²) in [5, 5.41) is 50.5. The van der Waals surface area contributed by atoms with Gasteiger partial charge < -0.3 is 44.0 Å². The van der Waals surface area contributed by atoms with Gasteiger partial charge in [-0.3, -0.25) is 63.1 Å². The molecular formula is C72H91B2F10IN13NaO20. The van der Waals surface area contributed by atoms with Crippen LogP contribution in [0.2, 0.25) is 0 Å². The van der Waals surface area contributed by atoms with Crippen LogP contribution in [0, 0.1) is 20.2 Å². The molecule has 0 saturated carbocycles. The van der Waals surface area contributed by atoms with Crippen molar-refractivity contribution in [2.24, 2.45) is 0 Å². The monoisotopic (exact) mass is 1820 g/mol. The summed E-state index contributed by atoms with van der Waals surface area (Å²) in [5.41, 5.74) is 5.26. The number of aromatic amines is 1. The number of hydrogen-bond donors (Lipinski definition) is 4. The average molecular weight is 1820 g/mol. The number of carbonyl (C=O) groups is 4. The smallest absolute Gasteiger partial charge is 0.444 e. The predicted octanol–water partition coefficient (Wildman–Crippen LogP) is 3.44. The first-order valence-corrected chi connectivity index (χ1v) is 38.5. The van der Waals surface area contributed by atoms with Crippen LogP contribution in [0.15, 0.2) is 91.4 Å². The van der Waals surface area contributed by atoms with Crippen LogP contribution in [0.3, 0.4) is 0 Å². The third-order valence-electron chi connectivity index (χ3n) is 17.0. The third kappa shape index (κ3) is 29.4. The van der Waals surface area contributed by atoms with Gasteiger partial charge in [0.05, 0.1) is 51.5 Å². The molecule has 4 amide bonds. The number of alkyl halides is 10. The number of ether oxygens (including phenoxy) is 4. The van der Waals surface area contributed by atoms with Crippen LogP contribution >= 0.6 is 0 Å². The van der Waals surface area contributed by atoms with E-state index in [1.165, 1.54) is 21.0 Å². The first-order valence-electron chi connectivity index (χ1n) is 34.9. The van der Waals surface area contributed by atoms with Crippen molar-refractivity contribution in [3.05, 3.63) is 173 Å². The summed E-state index contributed by atoms with van der Waals surface area (Å²) in [5.74, 6) is 0. The fraction of sp³-hybridized carbons (Fsp3) is 0.486. The zero-order valence-electron chi connectivity index (χ0n) is 67.4. The van der Waals surface area contributed by atoms with Crippen molar-refractivity contribution in [2.75, 3.05) is 12.9 Å². The van der Waals surface area contributed by atoms with Crippen molar-refractivity contribution in [1.29, 1.82) is 0 Å². The van der Waals surface area contributed by atoms with Crippen molar-refractivity contribution < 1.29 is 175 Å². The van der Waals surface area contributed by atoms with Gasteiger partial charge in [-0.2, -0.15) is 54.8 Å². The molecule has 12 rings (SSSR count). The summed E-state index contributed by atoms with van der Waals surface area (Å²) in [4.78, 5) is 73.6. The average Bonchev–Trinajstić information content (AvgIpc) is 1.62. The molecule has 1 fully saturated rings. The van der Waals surface area contributed by atoms with Gasteiger partial charge in [-0.25, -0.2) is 28.5 Å². The van der Waals surface area contributed by atoms with Crippen molar-refractivity contribution >= 4 is 66.6 Å². The third-order valence-corrected chi connectivity index (χ3v) is 17.0. The summed E-state index contributed by atoms with van der Waals surface area (Å²) >= 11 is -5.94. The van der Waals surface area contributed by atoms with E-state index in [1.807, 2.05) is 81.4 Å². The molecule has 3 aromatic heterocycles. The summed E-state index contributed by atoms with van der Waals surface area (Å²) in [6, 6.07) is 21.2. The van der Waals surface area contributed by atoms with E-state index in [-0.39, 0.29) is 79.7 Å². The number of hydrogen-bond acceptors (Lipinski definition) is 24. The number of rotatable bonds is 6. The van der Waals surface area contributed by atoms with E-state index in [0.717, 1.165) is 66.2 Å². The predicted molar refractivity (Wildman–Crippen MR) is 393 cm³/mol. The van der Waals surface area contributed by atoms with E-state index in [0.29, 0.717) is 75.9 Å². The number of nitrogens with zero attached hydrogens (tertiary/aromatic N) is 11. The van der Waals surface area contributed by atoms with Gasteiger partial charge in [-0.15, -0.1) is 0 Å². The van der Waals surface area contributed by atoms with Crippen LogP contribution in [-0.4, -0.2) is 149 Å². The molecule has 0 bridgehead atoms. The maximum Gasteiger partial charge on any atom is 1.00 e. The van der Waals surface area contributed by atoms with Gasteiger partial charge in [0.2, 0.25) is 11.4 Å². The summed E-state index contributed by atoms with van der Waals surface area (Å²) < 4.78 is 193. The Hall–Kier alpha value is -8.97. The number of anilines is 1. The topological polar surface area (TPSA) is 446 Å². The molecule has 5 N–H and O–H groups in total. The minimum atomic E-state index is -5.94. The van der Waals surface area contributed by atoms with Crippen LogP contribution in [0.4, 0.5) is 80.1 Å². The number of nitrogen functional groups attached to an aromatic ring is 1. The van der Waals surface area contributed by atoms with Gasteiger partial charge >= 0.3 is 98.1 Å². The molecule has 1 saturated heterocycles.